The van der Waals surface area contributed by atoms with Crippen LogP contribution in [0.4, 0.5) is 0 Å². The first-order chi connectivity index (χ1) is 7.93. The van der Waals surface area contributed by atoms with Crippen molar-refractivity contribution in [2.24, 2.45) is 0 Å². The molecule has 0 radical (unpaired) electrons. The third-order valence-corrected chi connectivity index (χ3v) is 3.58. The van der Waals surface area contributed by atoms with Crippen molar-refractivity contribution in [1.29, 1.82) is 0 Å². The normalized spacial score (nSPS) is 23.9. The Morgan fingerprint density at radius 2 is 2.38 bits per heavy atom. The Morgan fingerprint density at radius 1 is 1.38 bits per heavy atom. The Morgan fingerprint density at radius 3 is 3.25 bits per heavy atom. The summed E-state index contributed by atoms with van der Waals surface area (Å²) >= 11 is 0. The van der Waals surface area contributed by atoms with Crippen LogP contribution in [0.1, 0.15) is 36.2 Å². The maximum absolute atomic E-state index is 5.57. The van der Waals surface area contributed by atoms with Crippen LogP contribution in [0.2, 0.25) is 0 Å². The van der Waals surface area contributed by atoms with E-state index < -0.39 is 0 Å². The second kappa shape index (κ2) is 4.55. The minimum absolute atomic E-state index is 0.423. The van der Waals surface area contributed by atoms with Gasteiger partial charge in [-0.2, -0.15) is 5.10 Å². The molecule has 1 atom stereocenters. The molecule has 16 heavy (non-hydrogen) atoms. The average Bonchev–Trinajstić information content (AvgIpc) is 2.95. The number of H-pyrrole nitrogens is 1. The number of fused-ring (bicyclic) bond motifs is 1. The molecule has 4 heteroatoms. The molecular formula is C12H19N3O. The molecule has 0 saturated carbocycles. The number of aromatic nitrogens is 2. The molecule has 0 bridgehead atoms. The van der Waals surface area contributed by atoms with Gasteiger partial charge in [-0.1, -0.05) is 0 Å². The lowest BCUT2D eigenvalue weighted by Crippen LogP contribution is -2.26. The maximum Gasteiger partial charge on any atom is 0.0794 e. The van der Waals surface area contributed by atoms with E-state index in [1.807, 2.05) is 0 Å². The molecule has 1 aliphatic heterocycles. The summed E-state index contributed by atoms with van der Waals surface area (Å²) in [7, 11) is 0. The summed E-state index contributed by atoms with van der Waals surface area (Å²) in [6.45, 7) is 2.78. The minimum Gasteiger partial charge on any atom is -0.377 e. The van der Waals surface area contributed by atoms with Gasteiger partial charge in [-0.25, -0.2) is 0 Å². The summed E-state index contributed by atoms with van der Waals surface area (Å²) in [5.74, 6) is 0. The average molecular weight is 221 g/mol. The SMILES string of the molecule is C1Cc2[nH]nc(CNCC3CCCO3)c2C1. The second-order valence-corrected chi connectivity index (χ2v) is 4.75. The van der Waals surface area contributed by atoms with Crippen LogP contribution in [-0.2, 0) is 24.1 Å². The van der Waals surface area contributed by atoms with E-state index in [-0.39, 0.29) is 0 Å². The zero-order valence-electron chi connectivity index (χ0n) is 9.59. The van der Waals surface area contributed by atoms with Crippen molar-refractivity contribution < 1.29 is 4.74 Å². The molecule has 0 spiro atoms. The molecule has 88 valence electrons. The number of nitrogens with zero attached hydrogens (tertiary/aromatic N) is 1. The topological polar surface area (TPSA) is 49.9 Å². The molecule has 1 fully saturated rings. The molecule has 1 aromatic heterocycles. The van der Waals surface area contributed by atoms with Crippen LogP contribution >= 0.6 is 0 Å². The Bertz CT molecular complexity index is 355. The van der Waals surface area contributed by atoms with Crippen molar-refractivity contribution in [3.8, 4) is 0 Å². The van der Waals surface area contributed by atoms with Crippen molar-refractivity contribution in [3.63, 3.8) is 0 Å². The molecule has 2 heterocycles. The van der Waals surface area contributed by atoms with E-state index in [4.69, 9.17) is 4.74 Å². The number of nitrogens with one attached hydrogen (secondary N) is 2. The molecule has 0 aromatic carbocycles. The Labute approximate surface area is 95.8 Å². The van der Waals surface area contributed by atoms with Gasteiger partial charge in [-0.05, 0) is 37.7 Å². The maximum atomic E-state index is 5.57. The zero-order chi connectivity index (χ0) is 10.8. The number of hydrogen-bond donors (Lipinski definition) is 2. The molecule has 0 amide bonds. The van der Waals surface area contributed by atoms with Crippen LogP contribution in [0, 0.1) is 0 Å². The molecule has 1 aromatic rings. The molecule has 2 aliphatic rings. The van der Waals surface area contributed by atoms with E-state index in [0.717, 1.165) is 19.7 Å². The summed E-state index contributed by atoms with van der Waals surface area (Å²) < 4.78 is 5.57. The fraction of sp³-hybridized carbons (Fsp3) is 0.750. The number of aryl methyl sites for hydroxylation is 1. The minimum atomic E-state index is 0.423. The summed E-state index contributed by atoms with van der Waals surface area (Å²) in [6.07, 6.45) is 6.49. The molecule has 1 aliphatic carbocycles. The molecule has 3 rings (SSSR count). The van der Waals surface area contributed by atoms with Crippen LogP contribution in [0.3, 0.4) is 0 Å². The second-order valence-electron chi connectivity index (χ2n) is 4.75. The summed E-state index contributed by atoms with van der Waals surface area (Å²) in [5.41, 5.74) is 4.03. The van der Waals surface area contributed by atoms with Crippen molar-refractivity contribution in [3.05, 3.63) is 17.0 Å². The molecule has 2 N–H and O–H groups in total. The van der Waals surface area contributed by atoms with E-state index in [2.05, 4.69) is 15.5 Å². The van der Waals surface area contributed by atoms with Crippen molar-refractivity contribution in [1.82, 2.24) is 15.5 Å². The van der Waals surface area contributed by atoms with Gasteiger partial charge >= 0.3 is 0 Å². The number of hydrogen-bond acceptors (Lipinski definition) is 3. The van der Waals surface area contributed by atoms with Crippen molar-refractivity contribution in [2.45, 2.75) is 44.8 Å². The third kappa shape index (κ3) is 1.99. The van der Waals surface area contributed by atoms with Gasteiger partial charge in [0, 0.05) is 25.4 Å². The Kier molecular flexibility index (Phi) is 2.93. The van der Waals surface area contributed by atoms with E-state index in [9.17, 15) is 0 Å². The van der Waals surface area contributed by atoms with Crippen LogP contribution in [0.25, 0.3) is 0 Å². The summed E-state index contributed by atoms with van der Waals surface area (Å²) in [4.78, 5) is 0. The van der Waals surface area contributed by atoms with E-state index in [1.54, 1.807) is 0 Å². The third-order valence-electron chi connectivity index (χ3n) is 3.58. The van der Waals surface area contributed by atoms with Crippen LogP contribution < -0.4 is 5.32 Å². The van der Waals surface area contributed by atoms with Gasteiger partial charge in [0.1, 0.15) is 0 Å². The van der Waals surface area contributed by atoms with Crippen molar-refractivity contribution >= 4 is 0 Å². The van der Waals surface area contributed by atoms with Gasteiger partial charge < -0.3 is 10.1 Å². The van der Waals surface area contributed by atoms with Gasteiger partial charge in [0.2, 0.25) is 0 Å². The highest BCUT2D eigenvalue weighted by Gasteiger charge is 2.19. The first kappa shape index (κ1) is 10.3. The van der Waals surface area contributed by atoms with Crippen LogP contribution in [-0.4, -0.2) is 29.5 Å². The summed E-state index contributed by atoms with van der Waals surface area (Å²) in [5, 5.41) is 11.0. The van der Waals surface area contributed by atoms with Gasteiger partial charge in [-0.3, -0.25) is 5.10 Å². The zero-order valence-corrected chi connectivity index (χ0v) is 9.59. The van der Waals surface area contributed by atoms with Crippen LogP contribution in [0.15, 0.2) is 0 Å². The fourth-order valence-electron chi connectivity index (χ4n) is 2.69. The predicted molar refractivity (Wildman–Crippen MR) is 61.3 cm³/mol. The first-order valence-corrected chi connectivity index (χ1v) is 6.31. The Balaban J connectivity index is 1.50. The fourth-order valence-corrected chi connectivity index (χ4v) is 2.69. The molecular weight excluding hydrogens is 202 g/mol. The number of aromatic amines is 1. The summed E-state index contributed by atoms with van der Waals surface area (Å²) in [6, 6.07) is 0. The lowest BCUT2D eigenvalue weighted by Gasteiger charge is -2.09. The molecule has 1 saturated heterocycles. The number of rotatable bonds is 4. The monoisotopic (exact) mass is 221 g/mol. The lowest BCUT2D eigenvalue weighted by atomic mass is 10.2. The van der Waals surface area contributed by atoms with Gasteiger partial charge in [0.05, 0.1) is 11.8 Å². The Hall–Kier alpha value is -0.870. The highest BCUT2D eigenvalue weighted by atomic mass is 16.5. The lowest BCUT2D eigenvalue weighted by molar-refractivity contribution is 0.110. The van der Waals surface area contributed by atoms with E-state index in [1.165, 1.54) is 49.1 Å². The number of ether oxygens (including phenoxy) is 1. The standard InChI is InChI=1S/C12H19N3O/c1-4-10-11(5-1)14-15-12(10)8-13-7-9-3-2-6-16-9/h9,13H,1-8H2,(H,14,15). The predicted octanol–water partition coefficient (Wildman–Crippen LogP) is 1.17. The highest BCUT2D eigenvalue weighted by Crippen LogP contribution is 2.22. The smallest absolute Gasteiger partial charge is 0.0794 e. The largest absolute Gasteiger partial charge is 0.377 e. The van der Waals surface area contributed by atoms with Gasteiger partial charge in [0.25, 0.3) is 0 Å². The van der Waals surface area contributed by atoms with Crippen molar-refractivity contribution in [2.75, 3.05) is 13.2 Å². The highest BCUT2D eigenvalue weighted by molar-refractivity contribution is 5.29. The van der Waals surface area contributed by atoms with E-state index >= 15 is 0 Å². The van der Waals surface area contributed by atoms with Gasteiger partial charge in [-0.15, -0.1) is 0 Å². The van der Waals surface area contributed by atoms with Gasteiger partial charge in [0.15, 0.2) is 0 Å². The molecule has 1 unspecified atom stereocenters. The molecule has 4 nitrogen and oxygen atoms in total. The van der Waals surface area contributed by atoms with Crippen LogP contribution in [0.5, 0.6) is 0 Å². The van der Waals surface area contributed by atoms with E-state index in [0.29, 0.717) is 6.10 Å². The first-order valence-electron chi connectivity index (χ1n) is 6.31. The quantitative estimate of drug-likeness (QED) is 0.802.